The Morgan fingerprint density at radius 1 is 1.44 bits per heavy atom. The fraction of sp³-hybridized carbons (Fsp3) is 0.389. The number of halogens is 1. The predicted molar refractivity (Wildman–Crippen MR) is 93.4 cm³/mol. The van der Waals surface area contributed by atoms with Gasteiger partial charge in [0.2, 0.25) is 0 Å². The van der Waals surface area contributed by atoms with Crippen LogP contribution in [0.5, 0.6) is 0 Å². The van der Waals surface area contributed by atoms with E-state index in [4.69, 9.17) is 5.73 Å². The normalized spacial score (nSPS) is 17.3. The third kappa shape index (κ3) is 3.93. The first-order valence-electron chi connectivity index (χ1n) is 8.27. The Bertz CT molecular complexity index is 782. The second-order valence-corrected chi connectivity index (χ2v) is 6.47. The summed E-state index contributed by atoms with van der Waals surface area (Å²) in [6.07, 6.45) is 2.50. The highest BCUT2D eigenvalue weighted by atomic mass is 19.1. The van der Waals surface area contributed by atoms with Gasteiger partial charge in [0.05, 0.1) is 6.54 Å². The quantitative estimate of drug-likeness (QED) is 0.917. The largest absolute Gasteiger partial charge is 0.384 e. The van der Waals surface area contributed by atoms with Gasteiger partial charge < -0.3 is 10.6 Å². The maximum Gasteiger partial charge on any atom is 0.254 e. The molecule has 132 valence electrons. The summed E-state index contributed by atoms with van der Waals surface area (Å²) in [5, 5.41) is 0. The highest BCUT2D eigenvalue weighted by molar-refractivity contribution is 5.95. The van der Waals surface area contributed by atoms with Crippen LogP contribution < -0.4 is 5.73 Å². The molecule has 1 amide bonds. The highest BCUT2D eigenvalue weighted by Gasteiger charge is 2.30. The van der Waals surface area contributed by atoms with Crippen LogP contribution in [0.1, 0.15) is 28.2 Å². The van der Waals surface area contributed by atoms with Gasteiger partial charge in [-0.15, -0.1) is 0 Å². The summed E-state index contributed by atoms with van der Waals surface area (Å²) in [7, 11) is 1.98. The number of carbonyl (C=O) groups excluding carboxylic acids is 1. The number of hydrogen-bond acceptors (Lipinski definition) is 5. The van der Waals surface area contributed by atoms with E-state index in [9.17, 15) is 9.18 Å². The summed E-state index contributed by atoms with van der Waals surface area (Å²) in [4.78, 5) is 25.0. The SMILES string of the molecule is Cc1ccc(F)cc1C(=O)N1CC[C@@H](N(C)Cc2nccc(N)n2)C1. The van der Waals surface area contributed by atoms with Crippen LogP contribution in [0.25, 0.3) is 0 Å². The minimum atomic E-state index is -0.388. The molecule has 7 heteroatoms. The number of nitrogens with zero attached hydrogens (tertiary/aromatic N) is 4. The van der Waals surface area contributed by atoms with Crippen molar-refractivity contribution in [3.63, 3.8) is 0 Å². The van der Waals surface area contributed by atoms with Crippen molar-refractivity contribution in [3.8, 4) is 0 Å². The number of aryl methyl sites for hydroxylation is 1. The molecule has 0 aliphatic carbocycles. The molecule has 1 aromatic carbocycles. The van der Waals surface area contributed by atoms with E-state index in [-0.39, 0.29) is 17.8 Å². The van der Waals surface area contributed by atoms with Crippen molar-refractivity contribution in [1.29, 1.82) is 0 Å². The number of aromatic nitrogens is 2. The third-order valence-electron chi connectivity index (χ3n) is 4.62. The summed E-state index contributed by atoms with van der Waals surface area (Å²) < 4.78 is 13.5. The van der Waals surface area contributed by atoms with Gasteiger partial charge in [0.15, 0.2) is 0 Å². The van der Waals surface area contributed by atoms with Gasteiger partial charge in [-0.2, -0.15) is 0 Å². The van der Waals surface area contributed by atoms with E-state index in [1.807, 2.05) is 14.0 Å². The number of nitrogens with two attached hydrogens (primary N) is 1. The molecule has 0 unspecified atom stereocenters. The van der Waals surface area contributed by atoms with Crippen LogP contribution in [0, 0.1) is 12.7 Å². The van der Waals surface area contributed by atoms with E-state index in [1.165, 1.54) is 12.1 Å². The number of rotatable bonds is 4. The van der Waals surface area contributed by atoms with Crippen LogP contribution in [0.2, 0.25) is 0 Å². The van der Waals surface area contributed by atoms with Crippen molar-refractivity contribution in [3.05, 3.63) is 53.2 Å². The first-order valence-corrected chi connectivity index (χ1v) is 8.27. The van der Waals surface area contributed by atoms with Gasteiger partial charge in [0, 0.05) is 30.9 Å². The zero-order valence-electron chi connectivity index (χ0n) is 14.4. The Hall–Kier alpha value is -2.54. The number of anilines is 1. The molecule has 0 bridgehead atoms. The average molecular weight is 343 g/mol. The number of amides is 1. The van der Waals surface area contributed by atoms with E-state index in [0.717, 1.165) is 12.0 Å². The lowest BCUT2D eigenvalue weighted by Gasteiger charge is -2.24. The number of benzene rings is 1. The topological polar surface area (TPSA) is 75.4 Å². The van der Waals surface area contributed by atoms with Crippen LogP contribution in [0.4, 0.5) is 10.2 Å². The molecule has 0 saturated carbocycles. The third-order valence-corrected chi connectivity index (χ3v) is 4.62. The second-order valence-electron chi connectivity index (χ2n) is 6.47. The molecule has 25 heavy (non-hydrogen) atoms. The molecular formula is C18H22FN5O. The van der Waals surface area contributed by atoms with Gasteiger partial charge in [0.1, 0.15) is 17.5 Å². The Morgan fingerprint density at radius 2 is 2.24 bits per heavy atom. The molecule has 1 aliphatic heterocycles. The number of likely N-dealkylation sites (N-methyl/N-ethyl adjacent to an activating group) is 1. The maximum absolute atomic E-state index is 13.5. The first kappa shape index (κ1) is 17.3. The van der Waals surface area contributed by atoms with Gasteiger partial charge in [-0.05, 0) is 44.2 Å². The number of carbonyl (C=O) groups is 1. The summed E-state index contributed by atoms with van der Waals surface area (Å²) in [5.74, 6) is 0.602. The van der Waals surface area contributed by atoms with E-state index in [1.54, 1.807) is 23.2 Å². The molecule has 3 rings (SSSR count). The lowest BCUT2D eigenvalue weighted by molar-refractivity contribution is 0.0778. The van der Waals surface area contributed by atoms with Crippen molar-refractivity contribution in [2.75, 3.05) is 25.9 Å². The van der Waals surface area contributed by atoms with Crippen LogP contribution in [0.15, 0.2) is 30.5 Å². The van der Waals surface area contributed by atoms with E-state index in [2.05, 4.69) is 14.9 Å². The molecule has 1 aliphatic rings. The predicted octanol–water partition coefficient (Wildman–Crippen LogP) is 1.85. The fourth-order valence-corrected chi connectivity index (χ4v) is 3.12. The second kappa shape index (κ2) is 7.14. The Kier molecular flexibility index (Phi) is 4.94. The molecule has 2 aromatic rings. The van der Waals surface area contributed by atoms with Crippen LogP contribution in [-0.2, 0) is 6.54 Å². The smallest absolute Gasteiger partial charge is 0.254 e. The van der Waals surface area contributed by atoms with Gasteiger partial charge in [-0.1, -0.05) is 6.07 Å². The zero-order chi connectivity index (χ0) is 18.0. The fourth-order valence-electron chi connectivity index (χ4n) is 3.12. The molecule has 6 nitrogen and oxygen atoms in total. The average Bonchev–Trinajstić information content (AvgIpc) is 3.06. The molecule has 1 aromatic heterocycles. The minimum Gasteiger partial charge on any atom is -0.384 e. The first-order chi connectivity index (χ1) is 11.9. The molecule has 1 atom stereocenters. The minimum absolute atomic E-state index is 0.117. The maximum atomic E-state index is 13.5. The van der Waals surface area contributed by atoms with Crippen molar-refractivity contribution in [2.45, 2.75) is 25.9 Å². The molecule has 2 N–H and O–H groups in total. The highest BCUT2D eigenvalue weighted by Crippen LogP contribution is 2.20. The van der Waals surface area contributed by atoms with Crippen LogP contribution >= 0.6 is 0 Å². The molecule has 0 spiro atoms. The van der Waals surface area contributed by atoms with Crippen molar-refractivity contribution in [2.24, 2.45) is 0 Å². The molecular weight excluding hydrogens is 321 g/mol. The van der Waals surface area contributed by atoms with Gasteiger partial charge in [-0.25, -0.2) is 14.4 Å². The van der Waals surface area contributed by atoms with Crippen molar-refractivity contribution >= 4 is 11.7 Å². The summed E-state index contributed by atoms with van der Waals surface area (Å²) in [6, 6.07) is 6.19. The summed E-state index contributed by atoms with van der Waals surface area (Å²) in [5.41, 5.74) is 6.91. The standard InChI is InChI=1S/C18H22FN5O/c1-12-3-4-13(19)9-15(12)18(25)24-8-6-14(10-24)23(2)11-17-21-7-5-16(20)22-17/h3-5,7,9,14H,6,8,10-11H2,1-2H3,(H2,20,21,22)/t14-/m1/s1. The van der Waals surface area contributed by atoms with Gasteiger partial charge in [-0.3, -0.25) is 9.69 Å². The summed E-state index contributed by atoms with van der Waals surface area (Å²) in [6.45, 7) is 3.65. The molecule has 1 fully saturated rings. The lowest BCUT2D eigenvalue weighted by Crippen LogP contribution is -2.36. The molecule has 2 heterocycles. The van der Waals surface area contributed by atoms with Gasteiger partial charge >= 0.3 is 0 Å². The molecule has 0 radical (unpaired) electrons. The number of hydrogen-bond donors (Lipinski definition) is 1. The Labute approximate surface area is 146 Å². The van der Waals surface area contributed by atoms with E-state index in [0.29, 0.717) is 36.8 Å². The van der Waals surface area contributed by atoms with Crippen LogP contribution in [-0.4, -0.2) is 51.9 Å². The van der Waals surface area contributed by atoms with Crippen molar-refractivity contribution in [1.82, 2.24) is 19.8 Å². The Balaban J connectivity index is 1.64. The lowest BCUT2D eigenvalue weighted by atomic mass is 10.1. The summed E-state index contributed by atoms with van der Waals surface area (Å²) >= 11 is 0. The van der Waals surface area contributed by atoms with E-state index >= 15 is 0 Å². The monoisotopic (exact) mass is 343 g/mol. The van der Waals surface area contributed by atoms with Crippen molar-refractivity contribution < 1.29 is 9.18 Å². The van der Waals surface area contributed by atoms with Crippen LogP contribution in [0.3, 0.4) is 0 Å². The number of likely N-dealkylation sites (tertiary alicyclic amines) is 1. The van der Waals surface area contributed by atoms with E-state index < -0.39 is 0 Å². The number of nitrogen functional groups attached to an aromatic ring is 1. The Morgan fingerprint density at radius 3 is 3.00 bits per heavy atom. The van der Waals surface area contributed by atoms with Gasteiger partial charge in [0.25, 0.3) is 5.91 Å². The molecule has 1 saturated heterocycles. The zero-order valence-corrected chi connectivity index (χ0v) is 14.4.